The maximum Gasteiger partial charge on any atom is 0.184 e. The Kier molecular flexibility index (Phi) is 3.46. The third kappa shape index (κ3) is 2.59. The highest BCUT2D eigenvalue weighted by Gasteiger charge is 2.09. The smallest absolute Gasteiger partial charge is 0.184 e. The average molecular weight is 244 g/mol. The lowest BCUT2D eigenvalue weighted by Gasteiger charge is -2.05. The van der Waals surface area contributed by atoms with Gasteiger partial charge in [-0.1, -0.05) is 0 Å². The number of carbonyl (C=O) groups is 1. The van der Waals surface area contributed by atoms with Crippen molar-refractivity contribution >= 4 is 5.78 Å². The molecule has 18 heavy (non-hydrogen) atoms. The van der Waals surface area contributed by atoms with E-state index in [1.165, 1.54) is 0 Å². The van der Waals surface area contributed by atoms with Gasteiger partial charge in [-0.2, -0.15) is 5.10 Å². The number of aryl methyl sites for hydroxylation is 2. The van der Waals surface area contributed by atoms with E-state index in [1.807, 2.05) is 19.9 Å². The number of ketones is 1. The van der Waals surface area contributed by atoms with Crippen LogP contribution in [0, 0.1) is 13.8 Å². The standard InChI is InChI=1S/C14H16N2O2/c1-10-8-11(2)16(15-10)9-14(17)12-4-6-13(18-3)7-5-12/h4-8H,9H2,1-3H3. The molecule has 0 amide bonds. The summed E-state index contributed by atoms with van der Waals surface area (Å²) >= 11 is 0. The van der Waals surface area contributed by atoms with E-state index in [4.69, 9.17) is 4.74 Å². The lowest BCUT2D eigenvalue weighted by molar-refractivity contribution is 0.0966. The van der Waals surface area contributed by atoms with Gasteiger partial charge in [0, 0.05) is 11.3 Å². The summed E-state index contributed by atoms with van der Waals surface area (Å²) in [6.45, 7) is 4.13. The first-order valence-corrected chi connectivity index (χ1v) is 5.78. The molecule has 0 radical (unpaired) electrons. The summed E-state index contributed by atoms with van der Waals surface area (Å²) in [7, 11) is 1.60. The summed E-state index contributed by atoms with van der Waals surface area (Å²) in [6.07, 6.45) is 0. The van der Waals surface area contributed by atoms with E-state index in [1.54, 1.807) is 36.1 Å². The van der Waals surface area contributed by atoms with Crippen molar-refractivity contribution in [2.75, 3.05) is 7.11 Å². The number of nitrogens with zero attached hydrogens (tertiary/aromatic N) is 2. The van der Waals surface area contributed by atoms with Crippen molar-refractivity contribution in [2.45, 2.75) is 20.4 Å². The highest BCUT2D eigenvalue weighted by molar-refractivity contribution is 5.95. The van der Waals surface area contributed by atoms with Crippen molar-refractivity contribution in [1.29, 1.82) is 0 Å². The summed E-state index contributed by atoms with van der Waals surface area (Å²) in [5, 5.41) is 4.28. The van der Waals surface area contributed by atoms with Gasteiger partial charge >= 0.3 is 0 Å². The number of aromatic nitrogens is 2. The monoisotopic (exact) mass is 244 g/mol. The number of ether oxygens (including phenoxy) is 1. The zero-order valence-corrected chi connectivity index (χ0v) is 10.8. The van der Waals surface area contributed by atoms with Gasteiger partial charge in [-0.05, 0) is 44.2 Å². The van der Waals surface area contributed by atoms with Crippen LogP contribution in [0.1, 0.15) is 21.7 Å². The number of rotatable bonds is 4. The van der Waals surface area contributed by atoms with Gasteiger partial charge in [-0.15, -0.1) is 0 Å². The first-order valence-electron chi connectivity index (χ1n) is 5.78. The Labute approximate surface area is 106 Å². The molecule has 0 bridgehead atoms. The van der Waals surface area contributed by atoms with Crippen LogP contribution in [0.25, 0.3) is 0 Å². The minimum Gasteiger partial charge on any atom is -0.497 e. The third-order valence-corrected chi connectivity index (χ3v) is 2.81. The molecule has 0 unspecified atom stereocenters. The molecule has 0 N–H and O–H groups in total. The molecule has 94 valence electrons. The highest BCUT2D eigenvalue weighted by Crippen LogP contribution is 2.12. The van der Waals surface area contributed by atoms with Crippen molar-refractivity contribution in [1.82, 2.24) is 9.78 Å². The number of carbonyl (C=O) groups excluding carboxylic acids is 1. The molecule has 1 aromatic carbocycles. The Morgan fingerprint density at radius 2 is 1.94 bits per heavy atom. The molecule has 4 nitrogen and oxygen atoms in total. The second-order valence-corrected chi connectivity index (χ2v) is 4.24. The SMILES string of the molecule is COc1ccc(C(=O)Cn2nc(C)cc2C)cc1. The molecule has 0 saturated heterocycles. The van der Waals surface area contributed by atoms with Crippen LogP contribution < -0.4 is 4.74 Å². The van der Waals surface area contributed by atoms with Gasteiger partial charge in [-0.3, -0.25) is 9.48 Å². The summed E-state index contributed by atoms with van der Waals surface area (Å²) < 4.78 is 6.78. The fraction of sp³-hybridized carbons (Fsp3) is 0.286. The van der Waals surface area contributed by atoms with Gasteiger partial charge in [0.05, 0.1) is 12.8 Å². The van der Waals surface area contributed by atoms with Crippen molar-refractivity contribution in [2.24, 2.45) is 0 Å². The van der Waals surface area contributed by atoms with Crippen molar-refractivity contribution < 1.29 is 9.53 Å². The summed E-state index contributed by atoms with van der Waals surface area (Å²) in [6, 6.07) is 9.07. The third-order valence-electron chi connectivity index (χ3n) is 2.81. The number of benzene rings is 1. The van der Waals surface area contributed by atoms with Gasteiger partial charge in [-0.25, -0.2) is 0 Å². The second kappa shape index (κ2) is 5.04. The second-order valence-electron chi connectivity index (χ2n) is 4.24. The Hall–Kier alpha value is -2.10. The molecule has 0 spiro atoms. The molecular weight excluding hydrogens is 228 g/mol. The molecule has 1 aromatic heterocycles. The van der Waals surface area contributed by atoms with Crippen LogP contribution in [0.15, 0.2) is 30.3 Å². The normalized spacial score (nSPS) is 10.4. The minimum absolute atomic E-state index is 0.0452. The van der Waals surface area contributed by atoms with E-state index in [0.29, 0.717) is 5.56 Å². The maximum atomic E-state index is 12.1. The van der Waals surface area contributed by atoms with Crippen LogP contribution >= 0.6 is 0 Å². The molecule has 0 aliphatic carbocycles. The van der Waals surface area contributed by atoms with E-state index in [0.717, 1.165) is 17.1 Å². The topological polar surface area (TPSA) is 44.1 Å². The molecule has 0 aliphatic rings. The Bertz CT molecular complexity index is 556. The molecule has 0 atom stereocenters. The first-order chi connectivity index (χ1) is 8.60. The molecule has 1 heterocycles. The average Bonchev–Trinajstić information content (AvgIpc) is 2.68. The molecule has 0 saturated carbocycles. The minimum atomic E-state index is 0.0452. The van der Waals surface area contributed by atoms with E-state index in [-0.39, 0.29) is 12.3 Å². The number of hydrogen-bond acceptors (Lipinski definition) is 3. The van der Waals surface area contributed by atoms with Gasteiger partial charge in [0.2, 0.25) is 0 Å². The van der Waals surface area contributed by atoms with Crippen LogP contribution in [0.2, 0.25) is 0 Å². The fourth-order valence-electron chi connectivity index (χ4n) is 1.84. The van der Waals surface area contributed by atoms with Crippen LogP contribution in [-0.2, 0) is 6.54 Å². The van der Waals surface area contributed by atoms with E-state index >= 15 is 0 Å². The van der Waals surface area contributed by atoms with Crippen LogP contribution in [0.4, 0.5) is 0 Å². The largest absolute Gasteiger partial charge is 0.497 e. The zero-order valence-electron chi connectivity index (χ0n) is 10.8. The van der Waals surface area contributed by atoms with Crippen molar-refractivity contribution in [3.8, 4) is 5.75 Å². The van der Waals surface area contributed by atoms with E-state index in [9.17, 15) is 4.79 Å². The predicted molar refractivity (Wildman–Crippen MR) is 69.0 cm³/mol. The van der Waals surface area contributed by atoms with Gasteiger partial charge < -0.3 is 4.74 Å². The first kappa shape index (κ1) is 12.4. The van der Waals surface area contributed by atoms with E-state index in [2.05, 4.69) is 5.10 Å². The summed E-state index contributed by atoms with van der Waals surface area (Å²) in [4.78, 5) is 12.1. The quantitative estimate of drug-likeness (QED) is 0.776. The lowest BCUT2D eigenvalue weighted by atomic mass is 10.1. The molecule has 2 aromatic rings. The molecule has 0 aliphatic heterocycles. The van der Waals surface area contributed by atoms with E-state index < -0.39 is 0 Å². The Morgan fingerprint density at radius 3 is 2.44 bits per heavy atom. The predicted octanol–water partition coefficient (Wildman–Crippen LogP) is 2.39. The number of methoxy groups -OCH3 is 1. The lowest BCUT2D eigenvalue weighted by Crippen LogP contribution is -2.13. The maximum absolute atomic E-state index is 12.1. The van der Waals surface area contributed by atoms with Crippen LogP contribution in [0.3, 0.4) is 0 Å². The summed E-state index contributed by atoms with van der Waals surface area (Å²) in [5.41, 5.74) is 2.59. The van der Waals surface area contributed by atoms with Gasteiger partial charge in [0.1, 0.15) is 12.3 Å². The van der Waals surface area contributed by atoms with Crippen LogP contribution in [-0.4, -0.2) is 22.7 Å². The molecule has 0 fully saturated rings. The summed E-state index contributed by atoms with van der Waals surface area (Å²) in [5.74, 6) is 0.793. The molecule has 2 rings (SSSR count). The number of Topliss-reactive ketones (excluding diaryl/α,β-unsaturated/α-hetero) is 1. The Morgan fingerprint density at radius 1 is 1.28 bits per heavy atom. The fourth-order valence-corrected chi connectivity index (χ4v) is 1.84. The zero-order chi connectivity index (χ0) is 13.1. The molecule has 4 heteroatoms. The molecular formula is C14H16N2O2. The number of hydrogen-bond donors (Lipinski definition) is 0. The van der Waals surface area contributed by atoms with Gasteiger partial charge in [0.25, 0.3) is 0 Å². The Balaban J connectivity index is 2.14. The highest BCUT2D eigenvalue weighted by atomic mass is 16.5. The van der Waals surface area contributed by atoms with Crippen LogP contribution in [0.5, 0.6) is 5.75 Å². The van der Waals surface area contributed by atoms with Gasteiger partial charge in [0.15, 0.2) is 5.78 Å². The van der Waals surface area contributed by atoms with Crippen molar-refractivity contribution in [3.63, 3.8) is 0 Å². The van der Waals surface area contributed by atoms with Crippen molar-refractivity contribution in [3.05, 3.63) is 47.3 Å².